The maximum atomic E-state index is 5.91. The molecule has 82 valence electrons. The number of ether oxygens (including phenoxy) is 1. The molecule has 1 aromatic heterocycles. The van der Waals surface area contributed by atoms with Crippen molar-refractivity contribution in [3.63, 3.8) is 0 Å². The number of halogens is 1. The minimum absolute atomic E-state index is 0.0385. The molecule has 2 nitrogen and oxygen atoms in total. The van der Waals surface area contributed by atoms with Crippen molar-refractivity contribution in [2.45, 2.75) is 45.1 Å². The van der Waals surface area contributed by atoms with Gasteiger partial charge in [0.2, 0.25) is 0 Å². The Kier molecular flexibility index (Phi) is 2.63. The first-order chi connectivity index (χ1) is 6.97. The molecule has 0 aromatic carbocycles. The summed E-state index contributed by atoms with van der Waals surface area (Å²) >= 11 is 5.91. The summed E-state index contributed by atoms with van der Waals surface area (Å²) in [6.07, 6.45) is 4.45. The molecular formula is C12H16ClNO. The zero-order chi connectivity index (χ0) is 11.1. The molecule has 1 aliphatic carbocycles. The van der Waals surface area contributed by atoms with Crippen LogP contribution in [0.1, 0.15) is 39.2 Å². The standard InChI is InChI=1S/C12H16ClNO/c1-12(2,3)9-6-11(13)14-7-10(9)15-8-4-5-8/h6-8H,4-5H2,1-3H3. The Morgan fingerprint density at radius 1 is 1.40 bits per heavy atom. The van der Waals surface area contributed by atoms with Crippen LogP contribution < -0.4 is 4.74 Å². The van der Waals surface area contributed by atoms with E-state index in [2.05, 4.69) is 25.8 Å². The van der Waals surface area contributed by atoms with Crippen molar-refractivity contribution in [3.05, 3.63) is 23.0 Å². The second-order valence-electron chi connectivity index (χ2n) is 5.07. The molecule has 0 aliphatic heterocycles. The van der Waals surface area contributed by atoms with Crippen molar-refractivity contribution < 1.29 is 4.74 Å². The highest BCUT2D eigenvalue weighted by Gasteiger charge is 2.27. The van der Waals surface area contributed by atoms with E-state index in [0.717, 1.165) is 24.2 Å². The van der Waals surface area contributed by atoms with Crippen molar-refractivity contribution in [3.8, 4) is 5.75 Å². The minimum Gasteiger partial charge on any atom is -0.489 e. The van der Waals surface area contributed by atoms with Gasteiger partial charge in [0, 0.05) is 5.56 Å². The van der Waals surface area contributed by atoms with Crippen molar-refractivity contribution in [2.24, 2.45) is 0 Å². The third-order valence-corrected chi connectivity index (χ3v) is 2.67. The lowest BCUT2D eigenvalue weighted by Crippen LogP contribution is -2.14. The van der Waals surface area contributed by atoms with E-state index in [9.17, 15) is 0 Å². The van der Waals surface area contributed by atoms with E-state index in [1.165, 1.54) is 0 Å². The number of hydrogen-bond donors (Lipinski definition) is 0. The van der Waals surface area contributed by atoms with Gasteiger partial charge in [-0.25, -0.2) is 4.98 Å². The summed E-state index contributed by atoms with van der Waals surface area (Å²) in [6, 6.07) is 1.90. The molecule has 0 amide bonds. The summed E-state index contributed by atoms with van der Waals surface area (Å²) in [5.41, 5.74) is 1.17. The maximum Gasteiger partial charge on any atom is 0.141 e. The fraction of sp³-hybridized carbons (Fsp3) is 0.583. The number of hydrogen-bond acceptors (Lipinski definition) is 2. The molecule has 1 heterocycles. The van der Waals surface area contributed by atoms with E-state index < -0.39 is 0 Å². The highest BCUT2D eigenvalue weighted by molar-refractivity contribution is 6.29. The van der Waals surface area contributed by atoms with Gasteiger partial charge in [0.15, 0.2) is 0 Å². The predicted octanol–water partition coefficient (Wildman–Crippen LogP) is 3.57. The lowest BCUT2D eigenvalue weighted by molar-refractivity contribution is 0.293. The largest absolute Gasteiger partial charge is 0.489 e. The molecule has 3 heteroatoms. The molecule has 1 fully saturated rings. The van der Waals surface area contributed by atoms with Gasteiger partial charge in [0.25, 0.3) is 0 Å². The molecule has 15 heavy (non-hydrogen) atoms. The molecule has 1 aliphatic rings. The molecule has 2 rings (SSSR count). The van der Waals surface area contributed by atoms with Crippen molar-refractivity contribution >= 4 is 11.6 Å². The smallest absolute Gasteiger partial charge is 0.141 e. The van der Waals surface area contributed by atoms with E-state index in [-0.39, 0.29) is 5.41 Å². The average molecular weight is 226 g/mol. The molecule has 0 spiro atoms. The first-order valence-electron chi connectivity index (χ1n) is 5.29. The van der Waals surface area contributed by atoms with Gasteiger partial charge in [0.1, 0.15) is 10.9 Å². The van der Waals surface area contributed by atoms with Crippen LogP contribution in [0.25, 0.3) is 0 Å². The number of nitrogens with zero attached hydrogens (tertiary/aromatic N) is 1. The normalized spacial score (nSPS) is 16.5. The minimum atomic E-state index is 0.0385. The van der Waals surface area contributed by atoms with Gasteiger partial charge in [-0.3, -0.25) is 0 Å². The van der Waals surface area contributed by atoms with E-state index in [1.807, 2.05) is 6.07 Å². The summed E-state index contributed by atoms with van der Waals surface area (Å²) in [7, 11) is 0. The van der Waals surface area contributed by atoms with Crippen LogP contribution in [0, 0.1) is 0 Å². The monoisotopic (exact) mass is 225 g/mol. The van der Waals surface area contributed by atoms with Crippen molar-refractivity contribution in [1.82, 2.24) is 4.98 Å². The zero-order valence-corrected chi connectivity index (χ0v) is 10.1. The lowest BCUT2D eigenvalue weighted by atomic mass is 9.87. The van der Waals surface area contributed by atoms with Gasteiger partial charge in [0.05, 0.1) is 12.3 Å². The highest BCUT2D eigenvalue weighted by atomic mass is 35.5. The van der Waals surface area contributed by atoms with Crippen molar-refractivity contribution in [1.29, 1.82) is 0 Å². The molecule has 0 radical (unpaired) electrons. The quantitative estimate of drug-likeness (QED) is 0.718. The molecule has 0 unspecified atom stereocenters. The summed E-state index contributed by atoms with van der Waals surface area (Å²) < 4.78 is 5.82. The molecule has 1 saturated carbocycles. The van der Waals surface area contributed by atoms with Crippen LogP contribution in [0.5, 0.6) is 5.75 Å². The first kappa shape index (κ1) is 10.7. The van der Waals surface area contributed by atoms with Gasteiger partial charge in [-0.15, -0.1) is 0 Å². The van der Waals surface area contributed by atoms with E-state index >= 15 is 0 Å². The van der Waals surface area contributed by atoms with Gasteiger partial charge in [-0.2, -0.15) is 0 Å². The van der Waals surface area contributed by atoms with Crippen LogP contribution in [-0.2, 0) is 5.41 Å². The van der Waals surface area contributed by atoms with Crippen LogP contribution in [0.15, 0.2) is 12.3 Å². The molecule has 0 N–H and O–H groups in total. The van der Waals surface area contributed by atoms with Gasteiger partial charge >= 0.3 is 0 Å². The zero-order valence-electron chi connectivity index (χ0n) is 9.38. The van der Waals surface area contributed by atoms with E-state index in [1.54, 1.807) is 6.20 Å². The van der Waals surface area contributed by atoms with Crippen LogP contribution in [0.4, 0.5) is 0 Å². The van der Waals surface area contributed by atoms with E-state index in [0.29, 0.717) is 11.3 Å². The highest BCUT2D eigenvalue weighted by Crippen LogP contribution is 2.35. The third-order valence-electron chi connectivity index (χ3n) is 2.46. The topological polar surface area (TPSA) is 22.1 Å². The van der Waals surface area contributed by atoms with Crippen molar-refractivity contribution in [2.75, 3.05) is 0 Å². The Bertz CT molecular complexity index is 366. The molecule has 0 bridgehead atoms. The molecule has 0 atom stereocenters. The summed E-state index contributed by atoms with van der Waals surface area (Å²) in [5.74, 6) is 0.884. The van der Waals surface area contributed by atoms with Crippen LogP contribution in [0.2, 0.25) is 5.15 Å². The predicted molar refractivity (Wildman–Crippen MR) is 61.6 cm³/mol. The summed E-state index contributed by atoms with van der Waals surface area (Å²) in [4.78, 5) is 4.07. The molecular weight excluding hydrogens is 210 g/mol. The fourth-order valence-corrected chi connectivity index (χ4v) is 1.62. The van der Waals surface area contributed by atoms with Gasteiger partial charge in [-0.1, -0.05) is 32.4 Å². The Morgan fingerprint density at radius 3 is 2.60 bits per heavy atom. The van der Waals surface area contributed by atoms with Gasteiger partial charge < -0.3 is 4.74 Å². The lowest BCUT2D eigenvalue weighted by Gasteiger charge is -2.22. The SMILES string of the molecule is CC(C)(C)c1cc(Cl)ncc1OC1CC1. The summed E-state index contributed by atoms with van der Waals surface area (Å²) in [6.45, 7) is 6.45. The molecule has 0 saturated heterocycles. The number of pyridine rings is 1. The van der Waals surface area contributed by atoms with E-state index in [4.69, 9.17) is 16.3 Å². The molecule has 1 aromatic rings. The van der Waals surface area contributed by atoms with Crippen LogP contribution in [-0.4, -0.2) is 11.1 Å². The Balaban J connectivity index is 2.34. The Morgan fingerprint density at radius 2 is 2.07 bits per heavy atom. The Labute approximate surface area is 95.6 Å². The first-order valence-corrected chi connectivity index (χ1v) is 5.67. The Hall–Kier alpha value is -0.760. The maximum absolute atomic E-state index is 5.91. The number of rotatable bonds is 2. The second-order valence-corrected chi connectivity index (χ2v) is 5.46. The summed E-state index contributed by atoms with van der Waals surface area (Å²) in [5, 5.41) is 0.531. The second kappa shape index (κ2) is 3.67. The third kappa shape index (κ3) is 2.63. The average Bonchev–Trinajstić information content (AvgIpc) is 2.90. The van der Waals surface area contributed by atoms with Gasteiger partial charge in [-0.05, 0) is 24.3 Å². The van der Waals surface area contributed by atoms with Crippen LogP contribution in [0.3, 0.4) is 0 Å². The van der Waals surface area contributed by atoms with Crippen LogP contribution >= 0.6 is 11.6 Å². The number of aromatic nitrogens is 1. The fourth-order valence-electron chi connectivity index (χ4n) is 1.46.